The summed E-state index contributed by atoms with van der Waals surface area (Å²) in [6, 6.07) is 13.2. The average molecular weight is 399 g/mol. The van der Waals surface area contributed by atoms with Crippen LogP contribution in [0.3, 0.4) is 0 Å². The van der Waals surface area contributed by atoms with Crippen LogP contribution in [0.1, 0.15) is 42.6 Å². The van der Waals surface area contributed by atoms with Gasteiger partial charge < -0.3 is 29.3 Å². The summed E-state index contributed by atoms with van der Waals surface area (Å²) >= 11 is 0. The molecule has 0 aliphatic carbocycles. The van der Waals surface area contributed by atoms with Gasteiger partial charge in [-0.2, -0.15) is 0 Å². The number of ether oxygens (including phenoxy) is 3. The smallest absolute Gasteiger partial charge is 0.126 e. The Balaban J connectivity index is 1.38. The molecule has 6 nitrogen and oxygen atoms in total. The molecule has 0 bridgehead atoms. The largest absolute Gasteiger partial charge is 0.497 e. The number of benzene rings is 2. The van der Waals surface area contributed by atoms with Crippen molar-refractivity contribution in [1.82, 2.24) is 4.90 Å². The lowest BCUT2D eigenvalue weighted by Gasteiger charge is -2.46. The Bertz CT molecular complexity index is 847. The zero-order chi connectivity index (χ0) is 20.4. The molecule has 2 aliphatic rings. The standard InChI is InChI=1S/C23H29NO5/c1-27-17-5-3-4-16(12-17)21(26)15-24-10-8-23(9-11-24)14-20(25)19-13-18(28-2)6-7-22(19)29-23/h3-7,12-13,20-21,25-26H,8-11,14-15H2,1-2H3/t20-,21-/m0/s1. The van der Waals surface area contributed by atoms with E-state index in [1.165, 1.54) is 0 Å². The van der Waals surface area contributed by atoms with Crippen LogP contribution in [0.5, 0.6) is 17.2 Å². The SMILES string of the molecule is COc1cccc([C@@H](O)CN2CCC3(CC2)C[C@H](O)c2cc(OC)ccc2O3)c1. The van der Waals surface area contributed by atoms with Gasteiger partial charge in [0.1, 0.15) is 22.8 Å². The normalized spacial score (nSPS) is 21.9. The molecule has 2 aromatic rings. The van der Waals surface area contributed by atoms with Gasteiger partial charge in [0.05, 0.1) is 26.4 Å². The molecule has 0 saturated carbocycles. The molecule has 0 aromatic heterocycles. The highest BCUT2D eigenvalue weighted by Gasteiger charge is 2.43. The van der Waals surface area contributed by atoms with Gasteiger partial charge in [0.15, 0.2) is 0 Å². The van der Waals surface area contributed by atoms with Crippen LogP contribution in [0.4, 0.5) is 0 Å². The zero-order valence-electron chi connectivity index (χ0n) is 17.0. The summed E-state index contributed by atoms with van der Waals surface area (Å²) in [5.74, 6) is 2.22. The van der Waals surface area contributed by atoms with Crippen molar-refractivity contribution in [1.29, 1.82) is 0 Å². The molecule has 0 radical (unpaired) electrons. The number of aliphatic hydroxyl groups is 2. The van der Waals surface area contributed by atoms with E-state index in [4.69, 9.17) is 14.2 Å². The molecule has 0 unspecified atom stereocenters. The lowest BCUT2D eigenvalue weighted by Crippen LogP contribution is -2.51. The van der Waals surface area contributed by atoms with Crippen molar-refractivity contribution in [3.8, 4) is 17.2 Å². The van der Waals surface area contributed by atoms with Gasteiger partial charge in [-0.3, -0.25) is 0 Å². The lowest BCUT2D eigenvalue weighted by atomic mass is 9.81. The fraction of sp³-hybridized carbons (Fsp3) is 0.478. The third kappa shape index (κ3) is 4.20. The molecule has 1 fully saturated rings. The number of piperidine rings is 1. The molecular formula is C23H29NO5. The summed E-state index contributed by atoms with van der Waals surface area (Å²) in [6.07, 6.45) is 1.10. The summed E-state index contributed by atoms with van der Waals surface area (Å²) in [4.78, 5) is 2.26. The highest BCUT2D eigenvalue weighted by atomic mass is 16.5. The summed E-state index contributed by atoms with van der Waals surface area (Å²) in [6.45, 7) is 2.21. The first-order valence-corrected chi connectivity index (χ1v) is 10.1. The second kappa shape index (κ2) is 8.22. The van der Waals surface area contributed by atoms with Crippen molar-refractivity contribution in [2.45, 2.75) is 37.1 Å². The highest BCUT2D eigenvalue weighted by Crippen LogP contribution is 2.45. The Morgan fingerprint density at radius 3 is 2.55 bits per heavy atom. The number of hydrogen-bond donors (Lipinski definition) is 2. The van der Waals surface area contributed by atoms with E-state index >= 15 is 0 Å². The third-order valence-electron chi connectivity index (χ3n) is 6.14. The minimum atomic E-state index is -0.565. The van der Waals surface area contributed by atoms with E-state index in [1.54, 1.807) is 14.2 Å². The van der Waals surface area contributed by atoms with E-state index in [-0.39, 0.29) is 5.60 Å². The van der Waals surface area contributed by atoms with Crippen LogP contribution in [0.2, 0.25) is 0 Å². The number of aliphatic hydroxyl groups excluding tert-OH is 2. The Labute approximate surface area is 171 Å². The molecule has 29 heavy (non-hydrogen) atoms. The maximum atomic E-state index is 10.7. The number of β-amino-alcohol motifs (C(OH)–C–C–N with tert-alkyl or cyclic N) is 1. The molecule has 1 saturated heterocycles. The Kier molecular flexibility index (Phi) is 5.67. The van der Waals surface area contributed by atoms with Crippen molar-refractivity contribution >= 4 is 0 Å². The predicted octanol–water partition coefficient (Wildman–Crippen LogP) is 3.09. The van der Waals surface area contributed by atoms with Crippen LogP contribution in [0.25, 0.3) is 0 Å². The minimum absolute atomic E-state index is 0.349. The van der Waals surface area contributed by atoms with Gasteiger partial charge in [-0.1, -0.05) is 12.1 Å². The fourth-order valence-electron chi connectivity index (χ4n) is 4.39. The number of fused-ring (bicyclic) bond motifs is 1. The summed E-state index contributed by atoms with van der Waals surface area (Å²) in [5, 5.41) is 21.3. The fourth-order valence-corrected chi connectivity index (χ4v) is 4.39. The van der Waals surface area contributed by atoms with E-state index in [9.17, 15) is 10.2 Å². The topological polar surface area (TPSA) is 71.4 Å². The Hall–Kier alpha value is -2.28. The van der Waals surface area contributed by atoms with Crippen LogP contribution in [0.15, 0.2) is 42.5 Å². The minimum Gasteiger partial charge on any atom is -0.497 e. The van der Waals surface area contributed by atoms with Gasteiger partial charge >= 0.3 is 0 Å². The van der Waals surface area contributed by atoms with Gasteiger partial charge in [-0.05, 0) is 48.7 Å². The predicted molar refractivity (Wildman–Crippen MR) is 110 cm³/mol. The number of methoxy groups -OCH3 is 2. The van der Waals surface area contributed by atoms with Crippen molar-refractivity contribution in [3.63, 3.8) is 0 Å². The first kappa shape index (κ1) is 20.0. The van der Waals surface area contributed by atoms with E-state index in [0.29, 0.717) is 13.0 Å². The van der Waals surface area contributed by atoms with E-state index in [1.807, 2.05) is 42.5 Å². The number of hydrogen-bond acceptors (Lipinski definition) is 6. The van der Waals surface area contributed by atoms with Crippen LogP contribution in [-0.2, 0) is 0 Å². The quantitative estimate of drug-likeness (QED) is 0.805. The van der Waals surface area contributed by atoms with E-state index in [0.717, 1.165) is 54.3 Å². The maximum Gasteiger partial charge on any atom is 0.126 e. The van der Waals surface area contributed by atoms with Crippen LogP contribution < -0.4 is 14.2 Å². The Morgan fingerprint density at radius 1 is 1.10 bits per heavy atom. The van der Waals surface area contributed by atoms with E-state index < -0.39 is 12.2 Å². The van der Waals surface area contributed by atoms with E-state index in [2.05, 4.69) is 4.90 Å². The van der Waals surface area contributed by atoms with Crippen LogP contribution >= 0.6 is 0 Å². The third-order valence-corrected chi connectivity index (χ3v) is 6.14. The first-order valence-electron chi connectivity index (χ1n) is 10.1. The molecule has 6 heteroatoms. The molecule has 2 N–H and O–H groups in total. The van der Waals surface area contributed by atoms with Gasteiger partial charge in [0.25, 0.3) is 0 Å². The van der Waals surface area contributed by atoms with Crippen molar-refractivity contribution in [2.75, 3.05) is 33.9 Å². The number of nitrogens with zero attached hydrogens (tertiary/aromatic N) is 1. The lowest BCUT2D eigenvalue weighted by molar-refractivity contribution is -0.0588. The highest BCUT2D eigenvalue weighted by molar-refractivity contribution is 5.43. The second-order valence-electron chi connectivity index (χ2n) is 8.00. The zero-order valence-corrected chi connectivity index (χ0v) is 17.0. The molecule has 0 amide bonds. The molecule has 2 aliphatic heterocycles. The van der Waals surface area contributed by atoms with Crippen molar-refractivity contribution < 1.29 is 24.4 Å². The summed E-state index contributed by atoms with van der Waals surface area (Å²) < 4.78 is 16.9. The molecule has 4 rings (SSSR count). The molecule has 156 valence electrons. The van der Waals surface area contributed by atoms with Crippen molar-refractivity contribution in [2.24, 2.45) is 0 Å². The Morgan fingerprint density at radius 2 is 1.83 bits per heavy atom. The van der Waals surface area contributed by atoms with Crippen LogP contribution in [-0.4, -0.2) is 54.6 Å². The van der Waals surface area contributed by atoms with Gasteiger partial charge in [-0.25, -0.2) is 0 Å². The maximum absolute atomic E-state index is 10.7. The molecule has 2 aromatic carbocycles. The molecular weight excluding hydrogens is 370 g/mol. The number of likely N-dealkylation sites (tertiary alicyclic amines) is 1. The summed E-state index contributed by atoms with van der Waals surface area (Å²) in [5.41, 5.74) is 1.31. The van der Waals surface area contributed by atoms with Gasteiger partial charge in [0, 0.05) is 31.6 Å². The molecule has 1 spiro atoms. The van der Waals surface area contributed by atoms with Gasteiger partial charge in [0.2, 0.25) is 0 Å². The number of rotatable bonds is 5. The molecule has 2 atom stereocenters. The molecule has 2 heterocycles. The monoisotopic (exact) mass is 399 g/mol. The second-order valence-corrected chi connectivity index (χ2v) is 8.00. The van der Waals surface area contributed by atoms with Gasteiger partial charge in [-0.15, -0.1) is 0 Å². The van der Waals surface area contributed by atoms with Crippen molar-refractivity contribution in [3.05, 3.63) is 53.6 Å². The van der Waals surface area contributed by atoms with Crippen LogP contribution in [0, 0.1) is 0 Å². The average Bonchev–Trinajstić information content (AvgIpc) is 2.75. The first-order chi connectivity index (χ1) is 14.0. The summed E-state index contributed by atoms with van der Waals surface area (Å²) in [7, 11) is 3.25.